The molecule has 0 aromatic heterocycles. The Morgan fingerprint density at radius 1 is 0.871 bits per heavy atom. The van der Waals surface area contributed by atoms with Crippen LogP contribution < -0.4 is 5.32 Å². The summed E-state index contributed by atoms with van der Waals surface area (Å²) in [5, 5.41) is 2.63. The van der Waals surface area contributed by atoms with Crippen LogP contribution in [0.2, 0.25) is 0 Å². The third kappa shape index (κ3) is 10.1. The monoisotopic (exact) mass is 447 g/mol. The van der Waals surface area contributed by atoms with E-state index in [2.05, 4.69) is 5.32 Å². The molecule has 0 aliphatic carbocycles. The highest BCUT2D eigenvalue weighted by atomic mass is 16.7. The van der Waals surface area contributed by atoms with Gasteiger partial charge in [-0.2, -0.15) is 0 Å². The first-order chi connectivity index (χ1) is 14.6. The number of amides is 1. The highest BCUT2D eigenvalue weighted by molar-refractivity contribution is 5.73. The summed E-state index contributed by atoms with van der Waals surface area (Å²) in [4.78, 5) is 46.5. The Balaban J connectivity index is 3.07. The Bertz CT molecular complexity index is 611. The molecule has 178 valence electrons. The number of carbonyl (C=O) groups is 4. The van der Waals surface area contributed by atoms with Gasteiger partial charge in [-0.05, 0) is 6.42 Å². The summed E-state index contributed by atoms with van der Waals surface area (Å²) in [7, 11) is 0. The fraction of sp³-hybridized carbons (Fsp3) is 0.800. The van der Waals surface area contributed by atoms with E-state index in [4.69, 9.17) is 28.4 Å². The number of hydrogen-bond donors (Lipinski definition) is 1. The van der Waals surface area contributed by atoms with Crippen LogP contribution in [0, 0.1) is 0 Å². The van der Waals surface area contributed by atoms with Gasteiger partial charge in [0.15, 0.2) is 18.5 Å². The molecule has 1 fully saturated rings. The SMILES string of the molecule is CCCCOCCOC1OC(COC(C)=O)C(OC(C)=O)C(OC(C)=O)C1NC(C)=O. The van der Waals surface area contributed by atoms with Gasteiger partial charge in [0.2, 0.25) is 5.91 Å². The predicted molar refractivity (Wildman–Crippen MR) is 106 cm³/mol. The number of hydrogen-bond acceptors (Lipinski definition) is 10. The van der Waals surface area contributed by atoms with Crippen LogP contribution >= 0.6 is 0 Å². The largest absolute Gasteiger partial charge is 0.463 e. The molecule has 0 aromatic carbocycles. The molecule has 11 heteroatoms. The molecule has 1 N–H and O–H groups in total. The molecule has 31 heavy (non-hydrogen) atoms. The normalized spacial score (nSPS) is 25.4. The summed E-state index contributed by atoms with van der Waals surface area (Å²) in [6, 6.07) is -0.977. The zero-order chi connectivity index (χ0) is 23.4. The summed E-state index contributed by atoms with van der Waals surface area (Å²) in [6.07, 6.45) is -2.43. The number of carbonyl (C=O) groups excluding carboxylic acids is 4. The van der Waals surface area contributed by atoms with E-state index in [0.29, 0.717) is 6.61 Å². The van der Waals surface area contributed by atoms with E-state index in [1.54, 1.807) is 0 Å². The Hall–Kier alpha value is -2.24. The van der Waals surface area contributed by atoms with Crippen molar-refractivity contribution in [2.75, 3.05) is 26.4 Å². The van der Waals surface area contributed by atoms with E-state index in [9.17, 15) is 19.2 Å². The van der Waals surface area contributed by atoms with Crippen molar-refractivity contribution < 1.29 is 47.6 Å². The van der Waals surface area contributed by atoms with E-state index >= 15 is 0 Å². The van der Waals surface area contributed by atoms with Crippen molar-refractivity contribution in [3.63, 3.8) is 0 Å². The van der Waals surface area contributed by atoms with Gasteiger partial charge in [-0.15, -0.1) is 0 Å². The fourth-order valence-electron chi connectivity index (χ4n) is 3.00. The van der Waals surface area contributed by atoms with Crippen LogP contribution in [0.4, 0.5) is 0 Å². The fourth-order valence-corrected chi connectivity index (χ4v) is 3.00. The molecule has 5 atom stereocenters. The molecule has 0 bridgehead atoms. The lowest BCUT2D eigenvalue weighted by molar-refractivity contribution is -0.279. The molecule has 1 aliphatic heterocycles. The first-order valence-corrected chi connectivity index (χ1v) is 10.2. The third-order valence-corrected chi connectivity index (χ3v) is 4.22. The molecule has 0 aromatic rings. The predicted octanol–water partition coefficient (Wildman–Crippen LogP) is 0.476. The van der Waals surface area contributed by atoms with Gasteiger partial charge in [-0.25, -0.2) is 0 Å². The Morgan fingerprint density at radius 2 is 1.52 bits per heavy atom. The van der Waals surface area contributed by atoms with E-state index in [0.717, 1.165) is 12.8 Å². The van der Waals surface area contributed by atoms with Gasteiger partial charge in [-0.3, -0.25) is 19.2 Å². The minimum absolute atomic E-state index is 0.135. The lowest BCUT2D eigenvalue weighted by Crippen LogP contribution is -2.66. The second-order valence-corrected chi connectivity index (χ2v) is 7.06. The zero-order valence-corrected chi connectivity index (χ0v) is 18.7. The van der Waals surface area contributed by atoms with Gasteiger partial charge in [0, 0.05) is 34.3 Å². The van der Waals surface area contributed by atoms with Crippen LogP contribution in [0.3, 0.4) is 0 Å². The van der Waals surface area contributed by atoms with E-state index < -0.39 is 54.5 Å². The van der Waals surface area contributed by atoms with Gasteiger partial charge in [0.05, 0.1) is 13.2 Å². The summed E-state index contributed by atoms with van der Waals surface area (Å²) >= 11 is 0. The standard InChI is InChI=1S/C20H33NO10/c1-6-7-8-26-9-10-27-20-17(21-12(2)22)19(30-15(5)25)18(29-14(4)24)16(31-20)11-28-13(3)23/h16-20H,6-11H2,1-5H3,(H,21,22). The summed E-state index contributed by atoms with van der Waals surface area (Å²) < 4.78 is 32.8. The van der Waals surface area contributed by atoms with Crippen molar-refractivity contribution in [1.29, 1.82) is 0 Å². The molecule has 0 radical (unpaired) electrons. The van der Waals surface area contributed by atoms with Crippen molar-refractivity contribution in [1.82, 2.24) is 5.32 Å². The Kier molecular flexibility index (Phi) is 12.1. The summed E-state index contributed by atoms with van der Waals surface area (Å²) in [5.41, 5.74) is 0. The van der Waals surface area contributed by atoms with Crippen molar-refractivity contribution in [2.24, 2.45) is 0 Å². The van der Waals surface area contributed by atoms with Crippen molar-refractivity contribution in [3.8, 4) is 0 Å². The van der Waals surface area contributed by atoms with Crippen LogP contribution in [-0.4, -0.2) is 80.9 Å². The Morgan fingerprint density at radius 3 is 2.06 bits per heavy atom. The summed E-state index contributed by atoms with van der Waals surface area (Å²) in [5.74, 6) is -2.32. The maximum Gasteiger partial charge on any atom is 0.303 e. The first-order valence-electron chi connectivity index (χ1n) is 10.2. The molecule has 1 rings (SSSR count). The highest BCUT2D eigenvalue weighted by Crippen LogP contribution is 2.28. The molecular weight excluding hydrogens is 414 g/mol. The number of ether oxygens (including phenoxy) is 6. The lowest BCUT2D eigenvalue weighted by Gasteiger charge is -2.44. The van der Waals surface area contributed by atoms with Crippen LogP contribution in [0.15, 0.2) is 0 Å². The molecule has 1 heterocycles. The highest BCUT2D eigenvalue weighted by Gasteiger charge is 2.51. The average molecular weight is 447 g/mol. The van der Waals surface area contributed by atoms with Crippen LogP contribution in [0.25, 0.3) is 0 Å². The molecule has 1 amide bonds. The van der Waals surface area contributed by atoms with Crippen LogP contribution in [-0.2, 0) is 47.6 Å². The number of unbranched alkanes of at least 4 members (excludes halogenated alkanes) is 1. The second kappa shape index (κ2) is 13.9. The third-order valence-electron chi connectivity index (χ3n) is 4.22. The number of rotatable bonds is 12. The van der Waals surface area contributed by atoms with Gasteiger partial charge < -0.3 is 33.7 Å². The second-order valence-electron chi connectivity index (χ2n) is 7.06. The van der Waals surface area contributed by atoms with Crippen molar-refractivity contribution >= 4 is 23.8 Å². The van der Waals surface area contributed by atoms with E-state index in [1.807, 2.05) is 6.92 Å². The van der Waals surface area contributed by atoms with Gasteiger partial charge in [-0.1, -0.05) is 13.3 Å². The Labute approximate surface area is 182 Å². The van der Waals surface area contributed by atoms with Crippen LogP contribution in [0.1, 0.15) is 47.5 Å². The van der Waals surface area contributed by atoms with Crippen molar-refractivity contribution in [3.05, 3.63) is 0 Å². The van der Waals surface area contributed by atoms with Gasteiger partial charge in [0.1, 0.15) is 18.8 Å². The van der Waals surface area contributed by atoms with E-state index in [1.165, 1.54) is 27.7 Å². The quantitative estimate of drug-likeness (QED) is 0.255. The zero-order valence-electron chi connectivity index (χ0n) is 18.7. The maximum atomic E-state index is 11.8. The molecule has 11 nitrogen and oxygen atoms in total. The molecule has 5 unspecified atom stereocenters. The maximum absolute atomic E-state index is 11.8. The number of esters is 3. The molecular formula is C20H33NO10. The smallest absolute Gasteiger partial charge is 0.303 e. The first kappa shape index (κ1) is 26.8. The molecule has 0 spiro atoms. The molecule has 1 aliphatic rings. The molecule has 1 saturated heterocycles. The topological polar surface area (TPSA) is 136 Å². The average Bonchev–Trinajstić information content (AvgIpc) is 2.66. The lowest BCUT2D eigenvalue weighted by atomic mass is 9.96. The molecule has 0 saturated carbocycles. The van der Waals surface area contributed by atoms with Gasteiger partial charge in [0.25, 0.3) is 0 Å². The van der Waals surface area contributed by atoms with E-state index in [-0.39, 0.29) is 19.8 Å². The van der Waals surface area contributed by atoms with Crippen molar-refractivity contribution in [2.45, 2.75) is 78.1 Å². The van der Waals surface area contributed by atoms with Gasteiger partial charge >= 0.3 is 17.9 Å². The summed E-state index contributed by atoms with van der Waals surface area (Å²) in [6.45, 7) is 7.64. The minimum Gasteiger partial charge on any atom is -0.463 e. The minimum atomic E-state index is -1.14. The number of nitrogens with one attached hydrogen (secondary N) is 1. The van der Waals surface area contributed by atoms with Crippen LogP contribution in [0.5, 0.6) is 0 Å².